The van der Waals surface area contributed by atoms with Gasteiger partial charge < -0.3 is 9.30 Å². The standard InChI is InChI=1S/C16H21N3O2S/c1-4-19-15(12(2)3)17-18-16(19)22-10-9-21-14-7-5-13(11-20)6-8-14/h5-8,11-12H,4,9-10H2,1-3H3. The first-order valence-electron chi connectivity index (χ1n) is 7.39. The Morgan fingerprint density at radius 3 is 2.59 bits per heavy atom. The Morgan fingerprint density at radius 1 is 1.27 bits per heavy atom. The van der Waals surface area contributed by atoms with Gasteiger partial charge in [0.25, 0.3) is 0 Å². The van der Waals surface area contributed by atoms with Crippen LogP contribution in [0.1, 0.15) is 42.9 Å². The molecular weight excluding hydrogens is 298 g/mol. The smallest absolute Gasteiger partial charge is 0.191 e. The number of aromatic nitrogens is 3. The molecule has 0 N–H and O–H groups in total. The van der Waals surface area contributed by atoms with Gasteiger partial charge in [0.05, 0.1) is 6.61 Å². The second-order valence-corrected chi connectivity index (χ2v) is 6.19. The van der Waals surface area contributed by atoms with Crippen molar-refractivity contribution in [3.8, 4) is 5.75 Å². The molecule has 5 nitrogen and oxygen atoms in total. The number of ether oxygens (including phenoxy) is 1. The van der Waals surface area contributed by atoms with Gasteiger partial charge in [0, 0.05) is 23.8 Å². The number of hydrogen-bond acceptors (Lipinski definition) is 5. The summed E-state index contributed by atoms with van der Waals surface area (Å²) in [5.41, 5.74) is 0.652. The molecule has 0 fully saturated rings. The Labute approximate surface area is 135 Å². The SMILES string of the molecule is CCn1c(SCCOc2ccc(C=O)cc2)nnc1C(C)C. The van der Waals surface area contributed by atoms with Crippen LogP contribution in [0.15, 0.2) is 29.4 Å². The van der Waals surface area contributed by atoms with Gasteiger partial charge in [-0.25, -0.2) is 0 Å². The Bertz CT molecular complexity index is 608. The summed E-state index contributed by atoms with van der Waals surface area (Å²) < 4.78 is 7.81. The summed E-state index contributed by atoms with van der Waals surface area (Å²) in [7, 11) is 0. The van der Waals surface area contributed by atoms with Crippen molar-refractivity contribution in [3.63, 3.8) is 0 Å². The second kappa shape index (κ2) is 7.98. The van der Waals surface area contributed by atoms with Crippen LogP contribution in [0.25, 0.3) is 0 Å². The van der Waals surface area contributed by atoms with Crippen molar-refractivity contribution in [1.82, 2.24) is 14.8 Å². The van der Waals surface area contributed by atoms with Crippen LogP contribution in [0.5, 0.6) is 5.75 Å². The van der Waals surface area contributed by atoms with Crippen molar-refractivity contribution < 1.29 is 9.53 Å². The van der Waals surface area contributed by atoms with Crippen LogP contribution >= 0.6 is 11.8 Å². The van der Waals surface area contributed by atoms with Crippen molar-refractivity contribution in [1.29, 1.82) is 0 Å². The molecule has 0 spiro atoms. The van der Waals surface area contributed by atoms with E-state index in [1.54, 1.807) is 36.0 Å². The average Bonchev–Trinajstić information content (AvgIpc) is 2.95. The third-order valence-corrected chi connectivity index (χ3v) is 4.11. The molecule has 0 atom stereocenters. The molecule has 2 aromatic rings. The highest BCUT2D eigenvalue weighted by Crippen LogP contribution is 2.21. The monoisotopic (exact) mass is 319 g/mol. The van der Waals surface area contributed by atoms with Crippen LogP contribution in [0.4, 0.5) is 0 Å². The fourth-order valence-corrected chi connectivity index (χ4v) is 2.89. The predicted molar refractivity (Wildman–Crippen MR) is 87.8 cm³/mol. The maximum atomic E-state index is 10.6. The summed E-state index contributed by atoms with van der Waals surface area (Å²) in [4.78, 5) is 10.6. The molecule has 0 unspecified atom stereocenters. The molecule has 0 aliphatic rings. The van der Waals surface area contributed by atoms with E-state index in [9.17, 15) is 4.79 Å². The van der Waals surface area contributed by atoms with Gasteiger partial charge >= 0.3 is 0 Å². The number of rotatable bonds is 8. The van der Waals surface area contributed by atoms with E-state index in [1.807, 2.05) is 0 Å². The van der Waals surface area contributed by atoms with E-state index in [-0.39, 0.29) is 0 Å². The lowest BCUT2D eigenvalue weighted by atomic mass is 10.2. The van der Waals surface area contributed by atoms with Gasteiger partial charge in [-0.2, -0.15) is 0 Å². The van der Waals surface area contributed by atoms with E-state index in [4.69, 9.17) is 4.74 Å². The van der Waals surface area contributed by atoms with E-state index < -0.39 is 0 Å². The van der Waals surface area contributed by atoms with Crippen molar-refractivity contribution in [3.05, 3.63) is 35.7 Å². The minimum absolute atomic E-state index is 0.370. The quantitative estimate of drug-likeness (QED) is 0.424. The van der Waals surface area contributed by atoms with Crippen LogP contribution in [0.3, 0.4) is 0 Å². The molecule has 1 aromatic heterocycles. The summed E-state index contributed by atoms with van der Waals surface area (Å²) >= 11 is 1.64. The summed E-state index contributed by atoms with van der Waals surface area (Å²) in [6, 6.07) is 7.11. The second-order valence-electron chi connectivity index (χ2n) is 5.12. The molecule has 118 valence electrons. The fourth-order valence-electron chi connectivity index (χ4n) is 2.07. The molecule has 0 saturated carbocycles. The van der Waals surface area contributed by atoms with Gasteiger partial charge in [-0.1, -0.05) is 25.6 Å². The van der Waals surface area contributed by atoms with Gasteiger partial charge in [0.2, 0.25) is 0 Å². The summed E-state index contributed by atoms with van der Waals surface area (Å²) in [5, 5.41) is 9.45. The molecule has 1 heterocycles. The molecule has 0 aliphatic carbocycles. The number of carbonyl (C=O) groups excluding carboxylic acids is 1. The highest BCUT2D eigenvalue weighted by molar-refractivity contribution is 7.99. The van der Waals surface area contributed by atoms with Crippen molar-refractivity contribution in [2.24, 2.45) is 0 Å². The van der Waals surface area contributed by atoms with E-state index in [1.165, 1.54) is 0 Å². The third kappa shape index (κ3) is 4.10. The third-order valence-electron chi connectivity index (χ3n) is 3.18. The highest BCUT2D eigenvalue weighted by Gasteiger charge is 2.13. The Kier molecular flexibility index (Phi) is 6.00. The van der Waals surface area contributed by atoms with Crippen molar-refractivity contribution in [2.45, 2.75) is 38.4 Å². The van der Waals surface area contributed by atoms with Crippen LogP contribution in [-0.4, -0.2) is 33.4 Å². The molecule has 0 radical (unpaired) electrons. The summed E-state index contributed by atoms with van der Waals surface area (Å²) in [6.07, 6.45) is 0.823. The number of aldehydes is 1. The lowest BCUT2D eigenvalue weighted by Gasteiger charge is -2.09. The first kappa shape index (κ1) is 16.5. The number of hydrogen-bond donors (Lipinski definition) is 0. The summed E-state index contributed by atoms with van der Waals surface area (Å²) in [6.45, 7) is 7.80. The number of thioether (sulfide) groups is 1. The molecular formula is C16H21N3O2S. The maximum absolute atomic E-state index is 10.6. The van der Waals surface area contributed by atoms with Gasteiger partial charge in [-0.3, -0.25) is 4.79 Å². The van der Waals surface area contributed by atoms with E-state index in [0.717, 1.165) is 35.3 Å². The Morgan fingerprint density at radius 2 is 2.00 bits per heavy atom. The number of nitrogens with zero attached hydrogens (tertiary/aromatic N) is 3. The van der Waals surface area contributed by atoms with Gasteiger partial charge in [-0.15, -0.1) is 10.2 Å². The lowest BCUT2D eigenvalue weighted by molar-refractivity contribution is 0.112. The first-order valence-corrected chi connectivity index (χ1v) is 8.38. The largest absolute Gasteiger partial charge is 0.493 e. The minimum atomic E-state index is 0.370. The van der Waals surface area contributed by atoms with Crippen LogP contribution in [-0.2, 0) is 6.54 Å². The zero-order valence-electron chi connectivity index (χ0n) is 13.2. The molecule has 22 heavy (non-hydrogen) atoms. The fraction of sp³-hybridized carbons (Fsp3) is 0.438. The van der Waals surface area contributed by atoms with E-state index in [2.05, 4.69) is 35.5 Å². The zero-order valence-corrected chi connectivity index (χ0v) is 14.0. The molecule has 2 rings (SSSR count). The Balaban J connectivity index is 1.84. The zero-order chi connectivity index (χ0) is 15.9. The highest BCUT2D eigenvalue weighted by atomic mass is 32.2. The molecule has 0 bridgehead atoms. The number of benzene rings is 1. The van der Waals surface area contributed by atoms with E-state index >= 15 is 0 Å². The lowest BCUT2D eigenvalue weighted by Crippen LogP contribution is -2.06. The molecule has 0 aliphatic heterocycles. The normalized spacial score (nSPS) is 10.9. The van der Waals surface area contributed by atoms with Crippen LogP contribution < -0.4 is 4.74 Å². The molecule has 6 heteroatoms. The van der Waals surface area contributed by atoms with Gasteiger partial charge in [0.15, 0.2) is 5.16 Å². The molecule has 0 amide bonds. The van der Waals surface area contributed by atoms with E-state index in [0.29, 0.717) is 18.1 Å². The van der Waals surface area contributed by atoms with Gasteiger partial charge in [-0.05, 0) is 31.2 Å². The van der Waals surface area contributed by atoms with Crippen molar-refractivity contribution >= 4 is 18.0 Å². The predicted octanol–water partition coefficient (Wildman–Crippen LogP) is 3.41. The van der Waals surface area contributed by atoms with Crippen molar-refractivity contribution in [2.75, 3.05) is 12.4 Å². The molecule has 0 saturated heterocycles. The topological polar surface area (TPSA) is 57.0 Å². The minimum Gasteiger partial charge on any atom is -0.493 e. The van der Waals surface area contributed by atoms with Gasteiger partial charge in [0.1, 0.15) is 17.9 Å². The first-order chi connectivity index (χ1) is 10.7. The molecule has 1 aromatic carbocycles. The summed E-state index contributed by atoms with van der Waals surface area (Å²) in [5.74, 6) is 2.96. The average molecular weight is 319 g/mol. The van der Waals surface area contributed by atoms with Crippen LogP contribution in [0, 0.1) is 0 Å². The maximum Gasteiger partial charge on any atom is 0.191 e. The Hall–Kier alpha value is -1.82. The number of carbonyl (C=O) groups is 1. The van der Waals surface area contributed by atoms with Crippen LogP contribution in [0.2, 0.25) is 0 Å².